The number of alkyl halides is 2. The molecular formula is C9H8ClF3O. The summed E-state index contributed by atoms with van der Waals surface area (Å²) in [4.78, 5) is 0. The van der Waals surface area contributed by atoms with Gasteiger partial charge >= 0.3 is 0 Å². The van der Waals surface area contributed by atoms with Crippen LogP contribution in [0.5, 0.6) is 0 Å². The van der Waals surface area contributed by atoms with E-state index in [1.165, 1.54) is 12.1 Å². The number of aliphatic hydroxyl groups is 1. The predicted octanol–water partition coefficient (Wildman–Crippen LogP) is 2.65. The van der Waals surface area contributed by atoms with Gasteiger partial charge in [0.05, 0.1) is 5.02 Å². The number of halogens is 4. The molecule has 0 aliphatic heterocycles. The maximum atomic E-state index is 12.7. The molecule has 1 nitrogen and oxygen atoms in total. The van der Waals surface area contributed by atoms with Crippen LogP contribution in [0.25, 0.3) is 0 Å². The average molecular weight is 225 g/mol. The van der Waals surface area contributed by atoms with Gasteiger partial charge in [0, 0.05) is 6.42 Å². The molecule has 1 N–H and O–H groups in total. The van der Waals surface area contributed by atoms with E-state index in [9.17, 15) is 13.2 Å². The van der Waals surface area contributed by atoms with Crippen molar-refractivity contribution in [1.82, 2.24) is 0 Å². The zero-order valence-electron chi connectivity index (χ0n) is 7.05. The fourth-order valence-corrected chi connectivity index (χ4v) is 1.20. The Kier molecular flexibility index (Phi) is 3.77. The molecule has 1 aromatic rings. The Hall–Kier alpha value is -0.740. The van der Waals surface area contributed by atoms with E-state index >= 15 is 0 Å². The van der Waals surface area contributed by atoms with Crippen molar-refractivity contribution >= 4 is 11.6 Å². The molecule has 1 unspecified atom stereocenters. The molecular weight excluding hydrogens is 217 g/mol. The summed E-state index contributed by atoms with van der Waals surface area (Å²) in [5.41, 5.74) is 0.379. The minimum atomic E-state index is -2.81. The van der Waals surface area contributed by atoms with Crippen molar-refractivity contribution in [3.63, 3.8) is 0 Å². The van der Waals surface area contributed by atoms with Gasteiger partial charge in [0.2, 0.25) is 0 Å². The van der Waals surface area contributed by atoms with Crippen molar-refractivity contribution in [2.75, 3.05) is 0 Å². The Labute approximate surface area is 84.1 Å². The minimum Gasteiger partial charge on any atom is -0.387 e. The maximum absolute atomic E-state index is 12.7. The molecule has 0 spiro atoms. The lowest BCUT2D eigenvalue weighted by Crippen LogP contribution is -2.20. The summed E-state index contributed by atoms with van der Waals surface area (Å²) in [5.74, 6) is -0.609. The van der Waals surface area contributed by atoms with Crippen molar-refractivity contribution in [2.24, 2.45) is 0 Å². The van der Waals surface area contributed by atoms with Gasteiger partial charge < -0.3 is 5.11 Å². The van der Waals surface area contributed by atoms with E-state index in [-0.39, 0.29) is 11.4 Å². The van der Waals surface area contributed by atoms with Crippen molar-refractivity contribution in [2.45, 2.75) is 19.0 Å². The lowest BCUT2D eigenvalue weighted by Gasteiger charge is -2.09. The van der Waals surface area contributed by atoms with Crippen LogP contribution < -0.4 is 0 Å². The number of rotatable bonds is 3. The smallest absolute Gasteiger partial charge is 0.264 e. The molecule has 0 fully saturated rings. The van der Waals surface area contributed by atoms with E-state index in [1.54, 1.807) is 0 Å². The first kappa shape index (κ1) is 11.3. The Morgan fingerprint density at radius 2 is 2.00 bits per heavy atom. The minimum absolute atomic E-state index is 0.135. The summed E-state index contributed by atoms with van der Waals surface area (Å²) in [6.45, 7) is 0. The standard InChI is InChI=1S/C9H8ClF3O/c10-6-3-5(1-2-7(6)11)4-8(14)9(12)13/h1-3,8-9,14H,4H2. The van der Waals surface area contributed by atoms with E-state index in [4.69, 9.17) is 16.7 Å². The second-order valence-corrected chi connectivity index (χ2v) is 3.26. The van der Waals surface area contributed by atoms with Crippen LogP contribution in [-0.2, 0) is 6.42 Å². The van der Waals surface area contributed by atoms with Crippen molar-refractivity contribution in [3.05, 3.63) is 34.6 Å². The molecule has 1 atom stereocenters. The third-order valence-electron chi connectivity index (χ3n) is 1.72. The highest BCUT2D eigenvalue weighted by molar-refractivity contribution is 6.30. The van der Waals surface area contributed by atoms with Crippen molar-refractivity contribution in [3.8, 4) is 0 Å². The summed E-state index contributed by atoms with van der Waals surface area (Å²) in [7, 11) is 0. The van der Waals surface area contributed by atoms with E-state index < -0.39 is 18.3 Å². The molecule has 14 heavy (non-hydrogen) atoms. The first-order valence-electron chi connectivity index (χ1n) is 3.91. The van der Waals surface area contributed by atoms with Gasteiger partial charge in [-0.05, 0) is 17.7 Å². The van der Waals surface area contributed by atoms with E-state index in [0.29, 0.717) is 5.56 Å². The monoisotopic (exact) mass is 224 g/mol. The first-order chi connectivity index (χ1) is 6.50. The number of hydrogen-bond acceptors (Lipinski definition) is 1. The molecule has 1 rings (SSSR count). The highest BCUT2D eigenvalue weighted by Gasteiger charge is 2.17. The largest absolute Gasteiger partial charge is 0.387 e. The normalized spacial score (nSPS) is 13.3. The van der Waals surface area contributed by atoms with Gasteiger partial charge in [0.1, 0.15) is 11.9 Å². The second kappa shape index (κ2) is 4.66. The Bertz CT molecular complexity index is 317. The van der Waals surface area contributed by atoms with Gasteiger partial charge in [0.15, 0.2) is 0 Å². The molecule has 0 aliphatic rings. The van der Waals surface area contributed by atoms with Gasteiger partial charge in [-0.2, -0.15) is 0 Å². The SMILES string of the molecule is OC(Cc1ccc(F)c(Cl)c1)C(F)F. The van der Waals surface area contributed by atoms with Gasteiger partial charge in [-0.15, -0.1) is 0 Å². The van der Waals surface area contributed by atoms with Gasteiger partial charge in [-0.25, -0.2) is 13.2 Å². The number of benzene rings is 1. The molecule has 0 saturated carbocycles. The van der Waals surface area contributed by atoms with E-state index in [0.717, 1.165) is 6.07 Å². The topological polar surface area (TPSA) is 20.2 Å². The van der Waals surface area contributed by atoms with E-state index in [2.05, 4.69) is 0 Å². The second-order valence-electron chi connectivity index (χ2n) is 2.85. The fraction of sp³-hybridized carbons (Fsp3) is 0.333. The zero-order chi connectivity index (χ0) is 10.7. The summed E-state index contributed by atoms with van der Waals surface area (Å²) in [5, 5.41) is 8.72. The van der Waals surface area contributed by atoms with Crippen molar-refractivity contribution < 1.29 is 18.3 Å². The van der Waals surface area contributed by atoms with Gasteiger partial charge in [0.25, 0.3) is 6.43 Å². The fourth-order valence-electron chi connectivity index (χ4n) is 0.997. The van der Waals surface area contributed by atoms with Crippen LogP contribution in [0.4, 0.5) is 13.2 Å². The first-order valence-corrected chi connectivity index (χ1v) is 4.28. The average Bonchev–Trinajstić information content (AvgIpc) is 2.11. The number of aliphatic hydroxyl groups excluding tert-OH is 1. The van der Waals surface area contributed by atoms with Gasteiger partial charge in [-0.3, -0.25) is 0 Å². The maximum Gasteiger partial charge on any atom is 0.264 e. The Morgan fingerprint density at radius 1 is 1.36 bits per heavy atom. The molecule has 0 bridgehead atoms. The van der Waals surface area contributed by atoms with Crippen LogP contribution in [0.3, 0.4) is 0 Å². The summed E-state index contributed by atoms with van der Waals surface area (Å²) in [6, 6.07) is 3.62. The third-order valence-corrected chi connectivity index (χ3v) is 2.01. The molecule has 0 saturated heterocycles. The molecule has 0 aliphatic carbocycles. The third kappa shape index (κ3) is 2.89. The lowest BCUT2D eigenvalue weighted by atomic mass is 10.1. The summed E-state index contributed by atoms with van der Waals surface area (Å²) >= 11 is 5.43. The van der Waals surface area contributed by atoms with E-state index in [1.807, 2.05) is 0 Å². The van der Waals surface area contributed by atoms with Crippen molar-refractivity contribution in [1.29, 1.82) is 0 Å². The van der Waals surface area contributed by atoms with Crippen LogP contribution in [-0.4, -0.2) is 17.6 Å². The zero-order valence-corrected chi connectivity index (χ0v) is 7.81. The highest BCUT2D eigenvalue weighted by Crippen LogP contribution is 2.18. The van der Waals surface area contributed by atoms with Crippen LogP contribution in [0.1, 0.15) is 5.56 Å². The van der Waals surface area contributed by atoms with Crippen LogP contribution in [0, 0.1) is 5.82 Å². The Balaban J connectivity index is 2.73. The predicted molar refractivity (Wildman–Crippen MR) is 47.1 cm³/mol. The quantitative estimate of drug-likeness (QED) is 0.837. The molecule has 0 amide bonds. The molecule has 0 heterocycles. The highest BCUT2D eigenvalue weighted by atomic mass is 35.5. The van der Waals surface area contributed by atoms with Crippen LogP contribution in [0.15, 0.2) is 18.2 Å². The molecule has 5 heteroatoms. The molecule has 1 aromatic carbocycles. The van der Waals surface area contributed by atoms with Crippen LogP contribution >= 0.6 is 11.6 Å². The summed E-state index contributed by atoms with van der Waals surface area (Å²) < 4.78 is 36.5. The molecule has 0 aromatic heterocycles. The lowest BCUT2D eigenvalue weighted by molar-refractivity contribution is -0.00366. The number of hydrogen-bond donors (Lipinski definition) is 1. The molecule has 78 valence electrons. The summed E-state index contributed by atoms with van der Waals surface area (Å²) in [6.07, 6.45) is -4.78. The molecule has 0 radical (unpaired) electrons. The van der Waals surface area contributed by atoms with Gasteiger partial charge in [-0.1, -0.05) is 17.7 Å². The van der Waals surface area contributed by atoms with Crippen LogP contribution in [0.2, 0.25) is 5.02 Å². The Morgan fingerprint density at radius 3 is 2.50 bits per heavy atom.